The molecule has 0 unspecified atom stereocenters. The number of ether oxygens (including phenoxy) is 6. The summed E-state index contributed by atoms with van der Waals surface area (Å²) in [5, 5.41) is 0. The molecule has 0 spiro atoms. The molecule has 3 aliphatic rings. The third kappa shape index (κ3) is 3.00. The van der Waals surface area contributed by atoms with Crippen molar-refractivity contribution in [1.82, 2.24) is 0 Å². The lowest BCUT2D eigenvalue weighted by Gasteiger charge is -2.41. The molecule has 1 aliphatic carbocycles. The van der Waals surface area contributed by atoms with Crippen LogP contribution in [0.15, 0.2) is 0 Å². The monoisotopic (exact) mass is 330 g/mol. The van der Waals surface area contributed by atoms with Gasteiger partial charge in [-0.2, -0.15) is 0 Å². The van der Waals surface area contributed by atoms with Gasteiger partial charge < -0.3 is 28.4 Å². The fourth-order valence-corrected chi connectivity index (χ4v) is 3.66. The molecule has 0 aromatic rings. The van der Waals surface area contributed by atoms with Crippen molar-refractivity contribution in [2.45, 2.75) is 89.2 Å². The Kier molecular flexibility index (Phi) is 4.21. The Labute approximate surface area is 136 Å². The molecular formula is C16H26O7. The number of hydrogen-bond acceptors (Lipinski definition) is 7. The van der Waals surface area contributed by atoms with Crippen LogP contribution in [0.5, 0.6) is 0 Å². The molecule has 23 heavy (non-hydrogen) atoms. The van der Waals surface area contributed by atoms with Gasteiger partial charge in [0, 0.05) is 13.5 Å². The van der Waals surface area contributed by atoms with Gasteiger partial charge in [0.1, 0.15) is 30.5 Å². The molecule has 0 radical (unpaired) electrons. The number of carbonyl (C=O) groups excluding carboxylic acids is 1. The van der Waals surface area contributed by atoms with E-state index >= 15 is 0 Å². The van der Waals surface area contributed by atoms with Crippen LogP contribution in [0.3, 0.4) is 0 Å². The summed E-state index contributed by atoms with van der Waals surface area (Å²) < 4.78 is 35.3. The summed E-state index contributed by atoms with van der Waals surface area (Å²) in [7, 11) is 1.57. The van der Waals surface area contributed by atoms with Crippen LogP contribution in [0.25, 0.3) is 0 Å². The van der Waals surface area contributed by atoms with Crippen molar-refractivity contribution in [3.8, 4) is 0 Å². The SMILES string of the molecule is CCC(=O)O[C@H]1[C@H](OC)[C@H]2OC(C)(C)O[C@H]2[C@@H]2OC(C)(C)O[C@H]12. The summed E-state index contributed by atoms with van der Waals surface area (Å²) in [4.78, 5) is 11.9. The van der Waals surface area contributed by atoms with Crippen molar-refractivity contribution in [1.29, 1.82) is 0 Å². The number of fused-ring (bicyclic) bond motifs is 3. The topological polar surface area (TPSA) is 72.5 Å². The van der Waals surface area contributed by atoms with Crippen LogP contribution in [0.4, 0.5) is 0 Å². The van der Waals surface area contributed by atoms with E-state index < -0.39 is 29.9 Å². The maximum atomic E-state index is 11.9. The summed E-state index contributed by atoms with van der Waals surface area (Å²) in [5.74, 6) is -1.84. The van der Waals surface area contributed by atoms with Crippen LogP contribution >= 0.6 is 0 Å². The van der Waals surface area contributed by atoms with E-state index in [1.807, 2.05) is 27.7 Å². The molecule has 7 nitrogen and oxygen atoms in total. The molecule has 2 saturated heterocycles. The smallest absolute Gasteiger partial charge is 0.305 e. The van der Waals surface area contributed by atoms with Crippen molar-refractivity contribution in [3.05, 3.63) is 0 Å². The molecule has 0 bridgehead atoms. The zero-order chi connectivity index (χ0) is 17.0. The lowest BCUT2D eigenvalue weighted by Crippen LogP contribution is -2.63. The summed E-state index contributed by atoms with van der Waals surface area (Å²) in [6.07, 6.45) is -2.34. The first-order chi connectivity index (χ1) is 10.7. The standard InChI is InChI=1S/C16H26O7/c1-7-8(17)19-10-9(18-6)11-13(22-15(2,3)20-11)14-12(10)21-16(4,5)23-14/h9-14H,7H2,1-6H3/t9-,10-,11+,12+,13+,14+/m0/s1. The highest BCUT2D eigenvalue weighted by molar-refractivity contribution is 5.69. The Hall–Kier alpha value is -0.730. The molecular weight excluding hydrogens is 304 g/mol. The first-order valence-electron chi connectivity index (χ1n) is 8.11. The maximum Gasteiger partial charge on any atom is 0.305 e. The highest BCUT2D eigenvalue weighted by Gasteiger charge is 2.64. The van der Waals surface area contributed by atoms with Gasteiger partial charge in [-0.25, -0.2) is 0 Å². The van der Waals surface area contributed by atoms with Gasteiger partial charge in [-0.1, -0.05) is 6.92 Å². The van der Waals surface area contributed by atoms with Crippen molar-refractivity contribution in [2.75, 3.05) is 7.11 Å². The molecule has 0 aromatic heterocycles. The Morgan fingerprint density at radius 2 is 1.30 bits per heavy atom. The van der Waals surface area contributed by atoms with Gasteiger partial charge in [0.25, 0.3) is 0 Å². The fraction of sp³-hybridized carbons (Fsp3) is 0.938. The number of esters is 1. The van der Waals surface area contributed by atoms with Crippen LogP contribution in [0, 0.1) is 0 Å². The van der Waals surface area contributed by atoms with Crippen LogP contribution in [-0.4, -0.2) is 61.3 Å². The molecule has 7 heteroatoms. The van der Waals surface area contributed by atoms with Crippen molar-refractivity contribution < 1.29 is 33.2 Å². The van der Waals surface area contributed by atoms with Gasteiger partial charge in [0.2, 0.25) is 0 Å². The maximum absolute atomic E-state index is 11.9. The average molecular weight is 330 g/mol. The lowest BCUT2D eigenvalue weighted by molar-refractivity contribution is -0.203. The van der Waals surface area contributed by atoms with Crippen molar-refractivity contribution >= 4 is 5.97 Å². The predicted molar refractivity (Wildman–Crippen MR) is 78.6 cm³/mol. The Bertz CT molecular complexity index is 475. The molecule has 132 valence electrons. The largest absolute Gasteiger partial charge is 0.457 e. The van der Waals surface area contributed by atoms with Gasteiger partial charge in [0.15, 0.2) is 17.7 Å². The second-order valence-electron chi connectivity index (χ2n) is 7.14. The molecule has 3 rings (SSSR count). The molecule has 0 aromatic carbocycles. The number of carbonyl (C=O) groups is 1. The third-order valence-electron chi connectivity index (χ3n) is 4.45. The van der Waals surface area contributed by atoms with E-state index in [1.165, 1.54) is 0 Å². The quantitative estimate of drug-likeness (QED) is 0.724. The second kappa shape index (κ2) is 5.67. The van der Waals surface area contributed by atoms with Gasteiger partial charge in [-0.05, 0) is 27.7 Å². The molecule has 1 saturated carbocycles. The summed E-state index contributed by atoms with van der Waals surface area (Å²) >= 11 is 0. The van der Waals surface area contributed by atoms with Crippen molar-refractivity contribution in [3.63, 3.8) is 0 Å². The van der Waals surface area contributed by atoms with Gasteiger partial charge in [-0.15, -0.1) is 0 Å². The normalized spacial score (nSPS) is 43.7. The molecule has 0 N–H and O–H groups in total. The van der Waals surface area contributed by atoms with Gasteiger partial charge in [-0.3, -0.25) is 4.79 Å². The first-order valence-corrected chi connectivity index (χ1v) is 8.11. The number of methoxy groups -OCH3 is 1. The van der Waals surface area contributed by atoms with E-state index in [1.54, 1.807) is 14.0 Å². The van der Waals surface area contributed by atoms with Crippen LogP contribution in [-0.2, 0) is 33.2 Å². The lowest BCUT2D eigenvalue weighted by atomic mass is 9.84. The van der Waals surface area contributed by atoms with E-state index in [0.29, 0.717) is 0 Å². The molecule has 2 aliphatic heterocycles. The summed E-state index contributed by atoms with van der Waals surface area (Å²) in [6, 6.07) is 0. The van der Waals surface area contributed by atoms with E-state index in [4.69, 9.17) is 28.4 Å². The van der Waals surface area contributed by atoms with E-state index in [0.717, 1.165) is 0 Å². The third-order valence-corrected chi connectivity index (χ3v) is 4.45. The van der Waals surface area contributed by atoms with Crippen LogP contribution in [0.2, 0.25) is 0 Å². The first kappa shape index (κ1) is 17.1. The van der Waals surface area contributed by atoms with E-state index in [9.17, 15) is 4.79 Å². The molecule has 3 fully saturated rings. The van der Waals surface area contributed by atoms with E-state index in [-0.39, 0.29) is 30.7 Å². The van der Waals surface area contributed by atoms with E-state index in [2.05, 4.69) is 0 Å². The minimum absolute atomic E-state index is 0.283. The van der Waals surface area contributed by atoms with Crippen molar-refractivity contribution in [2.24, 2.45) is 0 Å². The molecule has 6 atom stereocenters. The Morgan fingerprint density at radius 1 is 0.870 bits per heavy atom. The Morgan fingerprint density at radius 3 is 1.74 bits per heavy atom. The second-order valence-corrected chi connectivity index (χ2v) is 7.14. The van der Waals surface area contributed by atoms with Gasteiger partial charge in [0.05, 0.1) is 0 Å². The fourth-order valence-electron chi connectivity index (χ4n) is 3.66. The summed E-state index contributed by atoms with van der Waals surface area (Å²) in [5.41, 5.74) is 0. The number of rotatable bonds is 3. The molecule has 2 heterocycles. The van der Waals surface area contributed by atoms with Crippen LogP contribution in [0.1, 0.15) is 41.0 Å². The zero-order valence-corrected chi connectivity index (χ0v) is 14.5. The Balaban J connectivity index is 1.94. The average Bonchev–Trinajstić information content (AvgIpc) is 2.94. The molecule has 0 amide bonds. The predicted octanol–water partition coefficient (Wildman–Crippen LogP) is 1.38. The minimum Gasteiger partial charge on any atom is -0.457 e. The zero-order valence-electron chi connectivity index (χ0n) is 14.5. The highest BCUT2D eigenvalue weighted by atomic mass is 16.8. The summed E-state index contributed by atoms with van der Waals surface area (Å²) in [6.45, 7) is 9.12. The van der Waals surface area contributed by atoms with Gasteiger partial charge >= 0.3 is 5.97 Å². The number of hydrogen-bond donors (Lipinski definition) is 0. The van der Waals surface area contributed by atoms with Crippen LogP contribution < -0.4 is 0 Å². The minimum atomic E-state index is -0.782. The highest BCUT2D eigenvalue weighted by Crippen LogP contribution is 2.46.